The number of rotatable bonds is 2. The summed E-state index contributed by atoms with van der Waals surface area (Å²) in [4.78, 5) is 2.28. The quantitative estimate of drug-likeness (QED) is 0.631. The molecule has 4 nitrogen and oxygen atoms in total. The highest BCUT2D eigenvalue weighted by Crippen LogP contribution is 2.20. The molecular formula is C8H16N2O2S. The number of nitrogens with zero attached hydrogens (tertiary/aromatic N) is 1. The third-order valence-electron chi connectivity index (χ3n) is 2.80. The molecule has 13 heavy (non-hydrogen) atoms. The van der Waals surface area contributed by atoms with Gasteiger partial charge in [-0.1, -0.05) is 0 Å². The minimum absolute atomic E-state index is 0.302. The molecule has 0 aliphatic carbocycles. The Morgan fingerprint density at radius 3 is 2.54 bits per heavy atom. The van der Waals surface area contributed by atoms with Crippen LogP contribution in [-0.4, -0.2) is 50.5 Å². The molecule has 0 aromatic heterocycles. The van der Waals surface area contributed by atoms with Gasteiger partial charge in [0.2, 0.25) is 0 Å². The summed E-state index contributed by atoms with van der Waals surface area (Å²) in [6.45, 7) is 2.90. The number of hydrogen-bond donors (Lipinski definition) is 1. The molecule has 2 N–H and O–H groups in total. The molecule has 2 aliphatic rings. The molecule has 76 valence electrons. The zero-order chi connectivity index (χ0) is 9.47. The smallest absolute Gasteiger partial charge is 0.151 e. The Balaban J connectivity index is 1.75. The molecule has 1 atom stereocenters. The van der Waals surface area contributed by atoms with Crippen LogP contribution < -0.4 is 5.73 Å². The highest BCUT2D eigenvalue weighted by atomic mass is 32.2. The average molecular weight is 204 g/mol. The number of sulfone groups is 1. The molecule has 2 heterocycles. The van der Waals surface area contributed by atoms with E-state index < -0.39 is 9.84 Å². The van der Waals surface area contributed by atoms with Crippen molar-refractivity contribution in [2.75, 3.05) is 31.1 Å². The van der Waals surface area contributed by atoms with E-state index in [1.54, 1.807) is 0 Å². The van der Waals surface area contributed by atoms with Gasteiger partial charge in [0.25, 0.3) is 0 Å². The lowest BCUT2D eigenvalue weighted by molar-refractivity contribution is 0.287. The average Bonchev–Trinajstić information content (AvgIpc) is 2.31. The molecule has 5 heteroatoms. The summed E-state index contributed by atoms with van der Waals surface area (Å²) in [6, 6.07) is 0.302. The van der Waals surface area contributed by atoms with Gasteiger partial charge in [-0.05, 0) is 18.9 Å². The van der Waals surface area contributed by atoms with Crippen LogP contribution in [0.1, 0.15) is 6.42 Å². The molecule has 1 unspecified atom stereocenters. The standard InChI is InChI=1S/C8H16N2O2S/c9-8-1-2-10(4-8)3-7-5-13(11,12)6-7/h7-8H,1-6,9H2. The van der Waals surface area contributed by atoms with Gasteiger partial charge in [-0.3, -0.25) is 0 Å². The summed E-state index contributed by atoms with van der Waals surface area (Å²) >= 11 is 0. The molecule has 0 radical (unpaired) electrons. The van der Waals surface area contributed by atoms with E-state index in [2.05, 4.69) is 4.90 Å². The first-order valence-corrected chi connectivity index (χ1v) is 6.56. The van der Waals surface area contributed by atoms with Gasteiger partial charge in [0, 0.05) is 19.1 Å². The zero-order valence-corrected chi connectivity index (χ0v) is 8.46. The summed E-state index contributed by atoms with van der Waals surface area (Å²) in [5, 5.41) is 0. The van der Waals surface area contributed by atoms with E-state index in [0.717, 1.165) is 26.1 Å². The fourth-order valence-electron chi connectivity index (χ4n) is 2.17. The maximum Gasteiger partial charge on any atom is 0.151 e. The molecular weight excluding hydrogens is 188 g/mol. The van der Waals surface area contributed by atoms with Crippen molar-refractivity contribution in [3.05, 3.63) is 0 Å². The van der Waals surface area contributed by atoms with Gasteiger partial charge in [-0.2, -0.15) is 0 Å². The molecule has 2 saturated heterocycles. The van der Waals surface area contributed by atoms with E-state index in [0.29, 0.717) is 23.5 Å². The van der Waals surface area contributed by atoms with Crippen molar-refractivity contribution in [1.82, 2.24) is 4.90 Å². The summed E-state index contributed by atoms with van der Waals surface area (Å²) < 4.78 is 21.8. The monoisotopic (exact) mass is 204 g/mol. The summed E-state index contributed by atoms with van der Waals surface area (Å²) in [5.74, 6) is 1.15. The van der Waals surface area contributed by atoms with Crippen molar-refractivity contribution >= 4 is 9.84 Å². The van der Waals surface area contributed by atoms with Crippen LogP contribution in [0.2, 0.25) is 0 Å². The fourth-order valence-corrected chi connectivity index (χ4v) is 3.72. The second kappa shape index (κ2) is 3.22. The Hall–Kier alpha value is -0.130. The van der Waals surface area contributed by atoms with Crippen molar-refractivity contribution in [2.45, 2.75) is 12.5 Å². The second-order valence-electron chi connectivity index (χ2n) is 4.25. The van der Waals surface area contributed by atoms with E-state index in [-0.39, 0.29) is 0 Å². The number of hydrogen-bond acceptors (Lipinski definition) is 4. The fraction of sp³-hybridized carbons (Fsp3) is 1.00. The Bertz CT molecular complexity index is 277. The van der Waals surface area contributed by atoms with Gasteiger partial charge in [0.15, 0.2) is 9.84 Å². The van der Waals surface area contributed by atoms with Crippen molar-refractivity contribution < 1.29 is 8.42 Å². The Labute approximate surface area is 79.0 Å². The molecule has 0 bridgehead atoms. The Kier molecular flexibility index (Phi) is 2.33. The van der Waals surface area contributed by atoms with Crippen LogP contribution in [0, 0.1) is 5.92 Å². The molecule has 0 aromatic carbocycles. The van der Waals surface area contributed by atoms with Gasteiger partial charge in [0.05, 0.1) is 11.5 Å². The van der Waals surface area contributed by atoms with Crippen LogP contribution in [0.15, 0.2) is 0 Å². The van der Waals surface area contributed by atoms with Crippen LogP contribution in [0.25, 0.3) is 0 Å². The second-order valence-corrected chi connectivity index (χ2v) is 6.41. The van der Waals surface area contributed by atoms with Crippen LogP contribution >= 0.6 is 0 Å². The Morgan fingerprint density at radius 2 is 2.08 bits per heavy atom. The largest absolute Gasteiger partial charge is 0.326 e. The van der Waals surface area contributed by atoms with E-state index in [9.17, 15) is 8.42 Å². The van der Waals surface area contributed by atoms with Crippen molar-refractivity contribution in [3.63, 3.8) is 0 Å². The van der Waals surface area contributed by atoms with Crippen molar-refractivity contribution in [1.29, 1.82) is 0 Å². The first-order chi connectivity index (χ1) is 6.05. The normalized spacial score (nSPS) is 34.7. The van der Waals surface area contributed by atoms with Crippen LogP contribution in [0.3, 0.4) is 0 Å². The van der Waals surface area contributed by atoms with E-state index >= 15 is 0 Å². The first-order valence-electron chi connectivity index (χ1n) is 4.73. The zero-order valence-electron chi connectivity index (χ0n) is 7.65. The molecule has 2 aliphatic heterocycles. The lowest BCUT2D eigenvalue weighted by atomic mass is 10.2. The molecule has 0 amide bonds. The summed E-state index contributed by atoms with van der Waals surface area (Å²) in [7, 11) is -2.64. The van der Waals surface area contributed by atoms with Crippen LogP contribution in [0.4, 0.5) is 0 Å². The highest BCUT2D eigenvalue weighted by molar-refractivity contribution is 7.92. The Morgan fingerprint density at radius 1 is 1.38 bits per heavy atom. The molecule has 2 rings (SSSR count). The third-order valence-corrected chi connectivity index (χ3v) is 4.76. The highest BCUT2D eigenvalue weighted by Gasteiger charge is 2.35. The number of nitrogens with two attached hydrogens (primary N) is 1. The SMILES string of the molecule is NC1CCN(CC2CS(=O)(=O)C2)C1. The number of likely N-dealkylation sites (tertiary alicyclic amines) is 1. The summed E-state index contributed by atoms with van der Waals surface area (Å²) in [5.41, 5.74) is 5.75. The van der Waals surface area contributed by atoms with Crippen LogP contribution in [-0.2, 0) is 9.84 Å². The topological polar surface area (TPSA) is 63.4 Å². The first kappa shape index (κ1) is 9.43. The molecule has 0 saturated carbocycles. The van der Waals surface area contributed by atoms with Gasteiger partial charge >= 0.3 is 0 Å². The maximum atomic E-state index is 10.9. The van der Waals surface area contributed by atoms with E-state index in [4.69, 9.17) is 5.73 Å². The predicted molar refractivity (Wildman–Crippen MR) is 51.2 cm³/mol. The van der Waals surface area contributed by atoms with Gasteiger partial charge in [0.1, 0.15) is 0 Å². The van der Waals surface area contributed by atoms with E-state index in [1.165, 1.54) is 0 Å². The molecule has 0 aromatic rings. The minimum Gasteiger partial charge on any atom is -0.326 e. The summed E-state index contributed by atoms with van der Waals surface area (Å²) in [6.07, 6.45) is 1.06. The maximum absolute atomic E-state index is 10.9. The lowest BCUT2D eigenvalue weighted by Gasteiger charge is -2.29. The molecule has 2 fully saturated rings. The molecule has 0 spiro atoms. The van der Waals surface area contributed by atoms with Crippen molar-refractivity contribution in [2.24, 2.45) is 11.7 Å². The third kappa shape index (κ3) is 2.21. The van der Waals surface area contributed by atoms with Gasteiger partial charge in [-0.25, -0.2) is 8.42 Å². The van der Waals surface area contributed by atoms with Crippen molar-refractivity contribution in [3.8, 4) is 0 Å². The van der Waals surface area contributed by atoms with E-state index in [1.807, 2.05) is 0 Å². The van der Waals surface area contributed by atoms with Gasteiger partial charge < -0.3 is 10.6 Å². The minimum atomic E-state index is -2.64. The van der Waals surface area contributed by atoms with Crippen LogP contribution in [0.5, 0.6) is 0 Å². The lowest BCUT2D eigenvalue weighted by Crippen LogP contribution is -2.44. The predicted octanol–water partition coefficient (Wildman–Crippen LogP) is -0.936. The van der Waals surface area contributed by atoms with Gasteiger partial charge in [-0.15, -0.1) is 0 Å².